The molecule has 0 aliphatic carbocycles. The number of nitrogens with zero attached hydrogens (tertiary/aromatic N) is 2. The van der Waals surface area contributed by atoms with E-state index >= 15 is 0 Å². The lowest BCUT2D eigenvalue weighted by Gasteiger charge is -2.36. The van der Waals surface area contributed by atoms with E-state index in [4.69, 9.17) is 4.74 Å². The molecule has 1 aliphatic heterocycles. The number of carbonyl (C=O) groups is 2. The van der Waals surface area contributed by atoms with Crippen LogP contribution in [0.1, 0.15) is 38.7 Å². The monoisotopic (exact) mass is 346 g/mol. The molecule has 0 unspecified atom stereocenters. The second-order valence-electron chi connectivity index (χ2n) is 6.57. The van der Waals surface area contributed by atoms with Crippen molar-refractivity contribution in [3.8, 4) is 5.75 Å². The number of ether oxygens (including phenoxy) is 1. The molecule has 2 rings (SSSR count). The zero-order valence-corrected chi connectivity index (χ0v) is 15.7. The number of amides is 2. The molecule has 1 saturated heterocycles. The third-order valence-corrected chi connectivity index (χ3v) is 5.07. The molecular weight excluding hydrogens is 316 g/mol. The summed E-state index contributed by atoms with van der Waals surface area (Å²) in [5.41, 5.74) is 1.14. The van der Waals surface area contributed by atoms with Gasteiger partial charge >= 0.3 is 0 Å². The van der Waals surface area contributed by atoms with Gasteiger partial charge in [0.05, 0.1) is 7.11 Å². The van der Waals surface area contributed by atoms with Crippen LogP contribution in [0.5, 0.6) is 5.75 Å². The quantitative estimate of drug-likeness (QED) is 0.763. The highest BCUT2D eigenvalue weighted by Gasteiger charge is 2.27. The molecule has 1 fully saturated rings. The zero-order chi connectivity index (χ0) is 18.2. The molecule has 0 aromatic heterocycles. The Kier molecular flexibility index (Phi) is 7.29. The summed E-state index contributed by atoms with van der Waals surface area (Å²) in [7, 11) is 1.64. The summed E-state index contributed by atoms with van der Waals surface area (Å²) in [6.45, 7) is 6.73. The van der Waals surface area contributed by atoms with Crippen LogP contribution in [0.3, 0.4) is 0 Å². The van der Waals surface area contributed by atoms with Gasteiger partial charge in [-0.1, -0.05) is 26.0 Å². The van der Waals surface area contributed by atoms with Gasteiger partial charge in [0.1, 0.15) is 5.75 Å². The van der Waals surface area contributed by atoms with Crippen LogP contribution in [0.25, 0.3) is 0 Å². The summed E-state index contributed by atoms with van der Waals surface area (Å²) in [4.78, 5) is 28.6. The van der Waals surface area contributed by atoms with Crippen molar-refractivity contribution >= 4 is 11.8 Å². The van der Waals surface area contributed by atoms with Crippen LogP contribution in [0.2, 0.25) is 0 Å². The van der Waals surface area contributed by atoms with E-state index in [1.54, 1.807) is 7.11 Å². The fourth-order valence-electron chi connectivity index (χ4n) is 3.27. The fraction of sp³-hybridized carbons (Fsp3) is 0.600. The van der Waals surface area contributed by atoms with E-state index in [-0.39, 0.29) is 17.7 Å². The van der Waals surface area contributed by atoms with E-state index in [1.165, 1.54) is 0 Å². The van der Waals surface area contributed by atoms with Crippen molar-refractivity contribution in [2.24, 2.45) is 5.92 Å². The molecule has 138 valence electrons. The van der Waals surface area contributed by atoms with Gasteiger partial charge < -0.3 is 14.5 Å². The minimum absolute atomic E-state index is 0.123. The van der Waals surface area contributed by atoms with Gasteiger partial charge in [0.25, 0.3) is 0 Å². The van der Waals surface area contributed by atoms with Crippen LogP contribution in [-0.2, 0) is 16.0 Å². The predicted octanol–water partition coefficient (Wildman–Crippen LogP) is 2.73. The highest BCUT2D eigenvalue weighted by atomic mass is 16.5. The smallest absolute Gasteiger partial charge is 0.225 e. The number of methoxy groups -OCH3 is 1. The van der Waals surface area contributed by atoms with Crippen molar-refractivity contribution in [2.75, 3.05) is 33.3 Å². The Balaban J connectivity index is 1.77. The van der Waals surface area contributed by atoms with E-state index in [2.05, 4.69) is 13.8 Å². The summed E-state index contributed by atoms with van der Waals surface area (Å²) in [5.74, 6) is 1.37. The molecule has 1 heterocycles. The average molecular weight is 346 g/mol. The maximum Gasteiger partial charge on any atom is 0.225 e. The Morgan fingerprint density at radius 1 is 1.00 bits per heavy atom. The van der Waals surface area contributed by atoms with Crippen molar-refractivity contribution in [3.05, 3.63) is 29.8 Å². The number of hydrogen-bond donors (Lipinski definition) is 0. The highest BCUT2D eigenvalue weighted by Crippen LogP contribution is 2.16. The van der Waals surface area contributed by atoms with Gasteiger partial charge in [-0.25, -0.2) is 0 Å². The summed E-state index contributed by atoms with van der Waals surface area (Å²) in [5, 5.41) is 0. The molecule has 5 nitrogen and oxygen atoms in total. The molecule has 1 aliphatic rings. The van der Waals surface area contributed by atoms with Gasteiger partial charge in [-0.2, -0.15) is 0 Å². The first-order valence-electron chi connectivity index (χ1n) is 9.28. The Morgan fingerprint density at radius 2 is 1.56 bits per heavy atom. The first-order valence-corrected chi connectivity index (χ1v) is 9.28. The summed E-state index contributed by atoms with van der Waals surface area (Å²) in [6.07, 6.45) is 3.01. The largest absolute Gasteiger partial charge is 0.497 e. The number of hydrogen-bond acceptors (Lipinski definition) is 3. The Bertz CT molecular complexity index is 559. The molecule has 0 atom stereocenters. The SMILES string of the molecule is CCC(CC)C(=O)N1CCN(C(=O)CCc2ccc(OC)cc2)CC1. The third-order valence-electron chi connectivity index (χ3n) is 5.07. The summed E-state index contributed by atoms with van der Waals surface area (Å²) in [6, 6.07) is 7.83. The minimum Gasteiger partial charge on any atom is -0.497 e. The predicted molar refractivity (Wildman–Crippen MR) is 98.5 cm³/mol. The van der Waals surface area contributed by atoms with Crippen LogP contribution >= 0.6 is 0 Å². The minimum atomic E-state index is 0.123. The lowest BCUT2D eigenvalue weighted by atomic mass is 10.0. The van der Waals surface area contributed by atoms with Crippen LogP contribution < -0.4 is 4.74 Å². The van der Waals surface area contributed by atoms with E-state index in [0.29, 0.717) is 32.6 Å². The topological polar surface area (TPSA) is 49.9 Å². The van der Waals surface area contributed by atoms with Gasteiger partial charge in [0, 0.05) is 38.5 Å². The molecule has 1 aromatic carbocycles. The second-order valence-corrected chi connectivity index (χ2v) is 6.57. The molecule has 0 radical (unpaired) electrons. The van der Waals surface area contributed by atoms with Crippen LogP contribution in [-0.4, -0.2) is 54.9 Å². The number of carbonyl (C=O) groups excluding carboxylic acids is 2. The van der Waals surface area contributed by atoms with Crippen molar-refractivity contribution in [1.29, 1.82) is 0 Å². The molecule has 5 heteroatoms. The van der Waals surface area contributed by atoms with Crippen LogP contribution in [0.4, 0.5) is 0 Å². The van der Waals surface area contributed by atoms with Crippen molar-refractivity contribution < 1.29 is 14.3 Å². The average Bonchev–Trinajstić information content (AvgIpc) is 2.67. The van der Waals surface area contributed by atoms with E-state index in [9.17, 15) is 9.59 Å². The first kappa shape index (κ1) is 19.3. The van der Waals surface area contributed by atoms with Crippen molar-refractivity contribution in [2.45, 2.75) is 39.5 Å². The Hall–Kier alpha value is -2.04. The van der Waals surface area contributed by atoms with Gasteiger partial charge in [-0.05, 0) is 37.0 Å². The molecule has 0 saturated carbocycles. The molecule has 0 N–H and O–H groups in total. The van der Waals surface area contributed by atoms with Crippen LogP contribution in [0, 0.1) is 5.92 Å². The highest BCUT2D eigenvalue weighted by molar-refractivity contribution is 5.80. The van der Waals surface area contributed by atoms with Crippen LogP contribution in [0.15, 0.2) is 24.3 Å². The number of piperazine rings is 1. The Morgan fingerprint density at radius 3 is 2.08 bits per heavy atom. The molecule has 0 spiro atoms. The lowest BCUT2D eigenvalue weighted by molar-refractivity contribution is -0.142. The third kappa shape index (κ3) is 5.21. The van der Waals surface area contributed by atoms with Crippen molar-refractivity contribution in [1.82, 2.24) is 9.80 Å². The fourth-order valence-corrected chi connectivity index (χ4v) is 3.27. The maximum absolute atomic E-state index is 12.4. The first-order chi connectivity index (χ1) is 12.1. The van der Waals surface area contributed by atoms with E-state index in [0.717, 1.165) is 30.6 Å². The summed E-state index contributed by atoms with van der Waals surface area (Å²) < 4.78 is 5.14. The number of rotatable bonds is 7. The molecule has 1 aromatic rings. The van der Waals surface area contributed by atoms with Gasteiger partial charge in [-0.3, -0.25) is 9.59 Å². The zero-order valence-electron chi connectivity index (χ0n) is 15.7. The van der Waals surface area contributed by atoms with Gasteiger partial charge in [0.15, 0.2) is 0 Å². The van der Waals surface area contributed by atoms with E-state index < -0.39 is 0 Å². The maximum atomic E-state index is 12.4. The second kappa shape index (κ2) is 9.44. The summed E-state index contributed by atoms with van der Waals surface area (Å²) >= 11 is 0. The molecular formula is C20H30N2O3. The van der Waals surface area contributed by atoms with E-state index in [1.807, 2.05) is 34.1 Å². The van der Waals surface area contributed by atoms with Gasteiger partial charge in [-0.15, -0.1) is 0 Å². The lowest BCUT2D eigenvalue weighted by Crippen LogP contribution is -2.51. The number of benzene rings is 1. The molecule has 0 bridgehead atoms. The van der Waals surface area contributed by atoms with Crippen molar-refractivity contribution in [3.63, 3.8) is 0 Å². The molecule has 25 heavy (non-hydrogen) atoms. The normalized spacial score (nSPS) is 14.7. The standard InChI is InChI=1S/C20H30N2O3/c1-4-17(5-2)20(24)22-14-12-21(13-15-22)19(23)11-8-16-6-9-18(25-3)10-7-16/h6-7,9-10,17H,4-5,8,11-15H2,1-3H3. The number of aryl methyl sites for hydroxylation is 1. The molecule has 2 amide bonds. The van der Waals surface area contributed by atoms with Gasteiger partial charge in [0.2, 0.25) is 11.8 Å². The Labute approximate surface area is 150 Å².